The molecule has 21 heavy (non-hydrogen) atoms. The van der Waals surface area contributed by atoms with Gasteiger partial charge in [0.25, 0.3) is 5.56 Å². The molecule has 2 aromatic rings. The Bertz CT molecular complexity index is 727. The number of fused-ring (bicyclic) bond motifs is 1. The molecule has 2 heterocycles. The van der Waals surface area contributed by atoms with E-state index in [1.165, 1.54) is 23.9 Å². The van der Waals surface area contributed by atoms with Gasteiger partial charge < -0.3 is 19.9 Å². The molecule has 110 valence electrons. The second-order valence-electron chi connectivity index (χ2n) is 4.65. The Balaban J connectivity index is 2.02. The smallest absolute Gasteiger partial charge is 0.267 e. The number of nitrogen functional groups attached to an aromatic ring is 1. The van der Waals surface area contributed by atoms with Gasteiger partial charge in [0.05, 0.1) is 20.3 Å². The number of nitrogens with two attached hydrogens (primary N) is 1. The lowest BCUT2D eigenvalue weighted by molar-refractivity contribution is -0.0170. The average molecular weight is 289 g/mol. The minimum absolute atomic E-state index is 0.185. The molecule has 0 fully saturated rings. The van der Waals surface area contributed by atoms with Crippen molar-refractivity contribution in [1.82, 2.24) is 9.78 Å². The molecule has 1 aliphatic heterocycles. The third kappa shape index (κ3) is 2.68. The van der Waals surface area contributed by atoms with Crippen molar-refractivity contribution in [3.63, 3.8) is 0 Å². The number of methoxy groups -OCH3 is 1. The van der Waals surface area contributed by atoms with Crippen LogP contribution in [0.5, 0.6) is 11.6 Å². The monoisotopic (exact) mass is 289 g/mol. The molecule has 1 aliphatic rings. The molecule has 0 unspecified atom stereocenters. The summed E-state index contributed by atoms with van der Waals surface area (Å²) in [7, 11) is 1.50. The first-order valence-corrected chi connectivity index (χ1v) is 6.41. The van der Waals surface area contributed by atoms with E-state index in [1.807, 2.05) is 0 Å². The lowest BCUT2D eigenvalue weighted by Gasteiger charge is -2.21. The van der Waals surface area contributed by atoms with Gasteiger partial charge in [-0.1, -0.05) is 0 Å². The normalized spacial score (nSPS) is 13.4. The van der Waals surface area contributed by atoms with Crippen LogP contribution in [-0.4, -0.2) is 23.7 Å². The zero-order valence-corrected chi connectivity index (χ0v) is 11.5. The summed E-state index contributed by atoms with van der Waals surface area (Å²) in [6.45, 7) is 0.877. The molecular weight excluding hydrogens is 274 g/mol. The molecule has 0 amide bonds. The summed E-state index contributed by atoms with van der Waals surface area (Å²) in [6.07, 6.45) is 0. The van der Waals surface area contributed by atoms with E-state index < -0.39 is 0 Å². The number of ether oxygens (including phenoxy) is 3. The second kappa shape index (κ2) is 5.45. The topological polar surface area (TPSA) is 88.6 Å². The third-order valence-electron chi connectivity index (χ3n) is 3.18. The molecule has 7 nitrogen and oxygen atoms in total. The van der Waals surface area contributed by atoms with Crippen LogP contribution in [0.1, 0.15) is 11.1 Å². The van der Waals surface area contributed by atoms with E-state index in [4.69, 9.17) is 19.9 Å². The number of benzene rings is 1. The summed E-state index contributed by atoms with van der Waals surface area (Å²) in [5.41, 5.74) is 7.91. The lowest BCUT2D eigenvalue weighted by atomic mass is 10.1. The van der Waals surface area contributed by atoms with Gasteiger partial charge in [0.2, 0.25) is 5.88 Å². The molecule has 1 aromatic heterocycles. The third-order valence-corrected chi connectivity index (χ3v) is 3.18. The summed E-state index contributed by atoms with van der Waals surface area (Å²) < 4.78 is 17.1. The highest BCUT2D eigenvalue weighted by Gasteiger charge is 2.17. The predicted octanol–water partition coefficient (Wildman–Crippen LogP) is 0.749. The van der Waals surface area contributed by atoms with Gasteiger partial charge in [-0.05, 0) is 12.1 Å². The molecule has 7 heteroatoms. The van der Waals surface area contributed by atoms with Gasteiger partial charge in [0, 0.05) is 28.9 Å². The maximum Gasteiger partial charge on any atom is 0.267 e. The van der Waals surface area contributed by atoms with Crippen molar-refractivity contribution in [2.45, 2.75) is 13.2 Å². The highest BCUT2D eigenvalue weighted by atomic mass is 16.7. The number of aromatic nitrogens is 2. The Morgan fingerprint density at radius 1 is 1.43 bits per heavy atom. The van der Waals surface area contributed by atoms with E-state index in [0.29, 0.717) is 23.9 Å². The quantitative estimate of drug-likeness (QED) is 0.839. The van der Waals surface area contributed by atoms with Crippen LogP contribution in [-0.2, 0) is 17.9 Å². The van der Waals surface area contributed by atoms with Crippen molar-refractivity contribution in [2.75, 3.05) is 19.6 Å². The zero-order valence-electron chi connectivity index (χ0n) is 11.5. The van der Waals surface area contributed by atoms with Crippen LogP contribution in [0.2, 0.25) is 0 Å². The molecule has 3 rings (SSSR count). The Labute approximate surface area is 120 Å². The molecule has 0 aliphatic carbocycles. The van der Waals surface area contributed by atoms with Crippen LogP contribution in [0.25, 0.3) is 0 Å². The van der Waals surface area contributed by atoms with E-state index in [-0.39, 0.29) is 18.9 Å². The zero-order chi connectivity index (χ0) is 14.8. The molecule has 0 atom stereocenters. The van der Waals surface area contributed by atoms with E-state index in [1.54, 1.807) is 12.1 Å². The molecule has 2 N–H and O–H groups in total. The molecule has 1 aromatic carbocycles. The van der Waals surface area contributed by atoms with Gasteiger partial charge in [-0.15, -0.1) is 5.10 Å². The molecule has 0 radical (unpaired) electrons. The van der Waals surface area contributed by atoms with Gasteiger partial charge in [-0.25, -0.2) is 4.68 Å². The molecule has 0 bridgehead atoms. The molecular formula is C14H15N3O4. The Morgan fingerprint density at radius 2 is 2.29 bits per heavy atom. The first-order valence-electron chi connectivity index (χ1n) is 6.41. The summed E-state index contributed by atoms with van der Waals surface area (Å²) in [5.74, 6) is 1.07. The van der Waals surface area contributed by atoms with Crippen LogP contribution >= 0.6 is 0 Å². The molecule has 0 saturated carbocycles. The highest BCUT2D eigenvalue weighted by molar-refractivity contribution is 5.53. The Kier molecular flexibility index (Phi) is 3.49. The van der Waals surface area contributed by atoms with Crippen LogP contribution in [0.15, 0.2) is 29.1 Å². The fraction of sp³-hybridized carbons (Fsp3) is 0.286. The predicted molar refractivity (Wildman–Crippen MR) is 75.3 cm³/mol. The van der Waals surface area contributed by atoms with Crippen LogP contribution in [0, 0.1) is 0 Å². The van der Waals surface area contributed by atoms with Crippen molar-refractivity contribution in [3.05, 3.63) is 45.7 Å². The van der Waals surface area contributed by atoms with Crippen LogP contribution in [0.4, 0.5) is 5.69 Å². The highest BCUT2D eigenvalue weighted by Crippen LogP contribution is 2.31. The maximum atomic E-state index is 11.9. The number of anilines is 1. The van der Waals surface area contributed by atoms with E-state index >= 15 is 0 Å². The van der Waals surface area contributed by atoms with E-state index in [9.17, 15) is 4.79 Å². The maximum absolute atomic E-state index is 11.9. The van der Waals surface area contributed by atoms with Crippen molar-refractivity contribution < 1.29 is 14.2 Å². The Hall–Kier alpha value is -2.54. The van der Waals surface area contributed by atoms with Gasteiger partial charge in [0.1, 0.15) is 5.75 Å². The molecule has 0 spiro atoms. The number of nitrogens with zero attached hydrogens (tertiary/aromatic N) is 2. The second-order valence-corrected chi connectivity index (χ2v) is 4.65. The van der Waals surface area contributed by atoms with Crippen molar-refractivity contribution in [2.24, 2.45) is 0 Å². The van der Waals surface area contributed by atoms with E-state index in [2.05, 4.69) is 5.10 Å². The summed E-state index contributed by atoms with van der Waals surface area (Å²) in [6, 6.07) is 6.52. The van der Waals surface area contributed by atoms with Gasteiger partial charge in [0.15, 0.2) is 6.79 Å². The lowest BCUT2D eigenvalue weighted by Crippen LogP contribution is -2.24. The largest absolute Gasteiger partial charge is 0.480 e. The number of hydrogen-bond acceptors (Lipinski definition) is 6. The van der Waals surface area contributed by atoms with Gasteiger partial charge in [-0.3, -0.25) is 4.79 Å². The first kappa shape index (κ1) is 13.4. The van der Waals surface area contributed by atoms with Crippen LogP contribution in [0.3, 0.4) is 0 Å². The van der Waals surface area contributed by atoms with Crippen molar-refractivity contribution in [3.8, 4) is 11.6 Å². The molecule has 0 saturated heterocycles. The van der Waals surface area contributed by atoms with E-state index in [0.717, 1.165) is 11.1 Å². The summed E-state index contributed by atoms with van der Waals surface area (Å²) in [4.78, 5) is 11.9. The Morgan fingerprint density at radius 3 is 3.10 bits per heavy atom. The minimum Gasteiger partial charge on any atom is -0.480 e. The standard InChI is InChI=1S/C14H15N3O4/c1-19-12-2-3-13(18)17(16-12)6-9-4-11(15)5-10-7-20-8-21-14(9)10/h2-5H,6-8,15H2,1H3. The summed E-state index contributed by atoms with van der Waals surface area (Å²) in [5, 5.41) is 4.12. The van der Waals surface area contributed by atoms with Crippen LogP contribution < -0.4 is 20.8 Å². The fourth-order valence-electron chi connectivity index (χ4n) is 2.26. The number of rotatable bonds is 3. The average Bonchev–Trinajstić information content (AvgIpc) is 2.49. The first-order chi connectivity index (χ1) is 10.2. The van der Waals surface area contributed by atoms with Gasteiger partial charge >= 0.3 is 0 Å². The van der Waals surface area contributed by atoms with Crippen molar-refractivity contribution >= 4 is 5.69 Å². The summed E-state index contributed by atoms with van der Waals surface area (Å²) >= 11 is 0. The number of hydrogen-bond donors (Lipinski definition) is 1. The minimum atomic E-state index is -0.223. The fourth-order valence-corrected chi connectivity index (χ4v) is 2.26. The van der Waals surface area contributed by atoms with Crippen molar-refractivity contribution in [1.29, 1.82) is 0 Å². The van der Waals surface area contributed by atoms with Gasteiger partial charge in [-0.2, -0.15) is 0 Å². The SMILES string of the molecule is COc1ccc(=O)n(Cc2cc(N)cc3c2OCOC3)n1.